The van der Waals surface area contributed by atoms with Crippen LogP contribution < -0.4 is 10.2 Å². The molecule has 3 rings (SSSR count). The Morgan fingerprint density at radius 1 is 1.25 bits per heavy atom. The van der Waals surface area contributed by atoms with Gasteiger partial charge in [0.1, 0.15) is 11.7 Å². The van der Waals surface area contributed by atoms with Crippen LogP contribution in [-0.4, -0.2) is 72.1 Å². The Bertz CT molecular complexity index is 890. The maximum absolute atomic E-state index is 12.4. The molecule has 2 N–H and O–H groups in total. The molecule has 3 amide bonds. The third kappa shape index (κ3) is 5.79. The average Bonchev–Trinajstić information content (AvgIpc) is 3.11. The zero-order chi connectivity index (χ0) is 23.5. The number of aliphatic hydroxyl groups is 1. The number of benzene rings is 1. The van der Waals surface area contributed by atoms with Crippen LogP contribution in [0.25, 0.3) is 5.57 Å². The molecule has 2 aliphatic heterocycles. The Labute approximate surface area is 188 Å². The van der Waals surface area contributed by atoms with Crippen LogP contribution in [-0.2, 0) is 14.3 Å². The van der Waals surface area contributed by atoms with Crippen LogP contribution in [0.2, 0.25) is 0 Å². The molecule has 0 bridgehead atoms. The van der Waals surface area contributed by atoms with Crippen molar-refractivity contribution >= 4 is 29.4 Å². The SMILES string of the molecule is CC(=O)NC[C@H]1CN(c2ccc(C3=CCN(C(=O)OC(C)(C)C)C(CO)C3)cc2)C(=O)O1. The molecule has 2 atom stereocenters. The molecule has 1 aromatic rings. The molecule has 0 aromatic heterocycles. The van der Waals surface area contributed by atoms with Crippen molar-refractivity contribution in [1.82, 2.24) is 10.2 Å². The summed E-state index contributed by atoms with van der Waals surface area (Å²) in [5, 5.41) is 12.5. The highest BCUT2D eigenvalue weighted by Crippen LogP contribution is 2.30. The number of hydrogen-bond acceptors (Lipinski definition) is 6. The summed E-state index contributed by atoms with van der Waals surface area (Å²) >= 11 is 0. The van der Waals surface area contributed by atoms with Crippen molar-refractivity contribution < 1.29 is 29.0 Å². The first kappa shape index (κ1) is 23.6. The molecule has 0 spiro atoms. The number of amides is 3. The van der Waals surface area contributed by atoms with Gasteiger partial charge in [0.15, 0.2) is 0 Å². The number of ether oxygens (including phenoxy) is 2. The van der Waals surface area contributed by atoms with Crippen LogP contribution >= 0.6 is 0 Å². The third-order valence-electron chi connectivity index (χ3n) is 5.27. The van der Waals surface area contributed by atoms with E-state index in [9.17, 15) is 19.5 Å². The van der Waals surface area contributed by atoms with Gasteiger partial charge >= 0.3 is 12.2 Å². The van der Waals surface area contributed by atoms with E-state index >= 15 is 0 Å². The fraction of sp³-hybridized carbons (Fsp3) is 0.522. The molecule has 9 nitrogen and oxygen atoms in total. The minimum absolute atomic E-state index is 0.163. The lowest BCUT2D eigenvalue weighted by Gasteiger charge is -2.35. The maximum Gasteiger partial charge on any atom is 0.414 e. The van der Waals surface area contributed by atoms with E-state index in [2.05, 4.69) is 5.32 Å². The van der Waals surface area contributed by atoms with Crippen LogP contribution in [0, 0.1) is 0 Å². The van der Waals surface area contributed by atoms with Crippen LogP contribution in [0.3, 0.4) is 0 Å². The molecular weight excluding hydrogens is 414 g/mol. The van der Waals surface area contributed by atoms with Crippen molar-refractivity contribution in [3.63, 3.8) is 0 Å². The van der Waals surface area contributed by atoms with E-state index in [1.165, 1.54) is 11.8 Å². The van der Waals surface area contributed by atoms with Gasteiger partial charge in [-0.3, -0.25) is 14.6 Å². The zero-order valence-electron chi connectivity index (χ0n) is 19.0. The Hall–Kier alpha value is -3.07. The van der Waals surface area contributed by atoms with Crippen molar-refractivity contribution in [3.8, 4) is 0 Å². The maximum atomic E-state index is 12.4. The van der Waals surface area contributed by atoms with Crippen molar-refractivity contribution in [2.24, 2.45) is 0 Å². The molecule has 32 heavy (non-hydrogen) atoms. The predicted octanol–water partition coefficient (Wildman–Crippen LogP) is 2.53. The van der Waals surface area contributed by atoms with Gasteiger partial charge in [0.2, 0.25) is 5.91 Å². The van der Waals surface area contributed by atoms with Gasteiger partial charge in [-0.1, -0.05) is 18.2 Å². The van der Waals surface area contributed by atoms with Gasteiger partial charge in [-0.25, -0.2) is 9.59 Å². The van der Waals surface area contributed by atoms with Crippen molar-refractivity contribution in [1.29, 1.82) is 0 Å². The highest BCUT2D eigenvalue weighted by molar-refractivity contribution is 5.90. The van der Waals surface area contributed by atoms with Crippen LogP contribution in [0.5, 0.6) is 0 Å². The lowest BCUT2D eigenvalue weighted by atomic mass is 9.94. The molecule has 0 aliphatic carbocycles. The van der Waals surface area contributed by atoms with Crippen molar-refractivity contribution in [2.45, 2.75) is 51.9 Å². The molecule has 2 heterocycles. The summed E-state index contributed by atoms with van der Waals surface area (Å²) in [5.41, 5.74) is 2.07. The first-order valence-electron chi connectivity index (χ1n) is 10.7. The van der Waals surface area contributed by atoms with Crippen LogP contribution in [0.1, 0.15) is 39.7 Å². The van der Waals surface area contributed by atoms with Gasteiger partial charge in [-0.2, -0.15) is 0 Å². The number of anilines is 1. The van der Waals surface area contributed by atoms with E-state index in [-0.39, 0.29) is 25.1 Å². The number of nitrogens with zero attached hydrogens (tertiary/aromatic N) is 2. The second-order valence-electron chi connectivity index (χ2n) is 9.00. The van der Waals surface area contributed by atoms with E-state index in [0.717, 1.165) is 11.1 Å². The highest BCUT2D eigenvalue weighted by atomic mass is 16.6. The quantitative estimate of drug-likeness (QED) is 0.721. The van der Waals surface area contributed by atoms with Gasteiger partial charge in [0, 0.05) is 19.2 Å². The minimum Gasteiger partial charge on any atom is -0.444 e. The Morgan fingerprint density at radius 2 is 1.94 bits per heavy atom. The normalized spacial score (nSPS) is 21.2. The molecule has 1 unspecified atom stereocenters. The molecule has 1 saturated heterocycles. The molecule has 2 aliphatic rings. The molecule has 9 heteroatoms. The molecule has 0 saturated carbocycles. The van der Waals surface area contributed by atoms with Gasteiger partial charge in [0.25, 0.3) is 0 Å². The second-order valence-corrected chi connectivity index (χ2v) is 9.00. The molecule has 174 valence electrons. The first-order valence-corrected chi connectivity index (χ1v) is 10.7. The third-order valence-corrected chi connectivity index (χ3v) is 5.27. The summed E-state index contributed by atoms with van der Waals surface area (Å²) < 4.78 is 10.8. The van der Waals surface area contributed by atoms with Gasteiger partial charge in [-0.05, 0) is 50.5 Å². The Balaban J connectivity index is 1.66. The fourth-order valence-corrected chi connectivity index (χ4v) is 3.70. The van der Waals surface area contributed by atoms with E-state index < -0.39 is 23.9 Å². The molecule has 1 fully saturated rings. The molecule has 0 radical (unpaired) electrons. The van der Waals surface area contributed by atoms with E-state index in [1.54, 1.807) is 4.90 Å². The number of hydrogen-bond donors (Lipinski definition) is 2. The van der Waals surface area contributed by atoms with Gasteiger partial charge in [0.05, 0.1) is 25.7 Å². The van der Waals surface area contributed by atoms with E-state index in [4.69, 9.17) is 9.47 Å². The topological polar surface area (TPSA) is 108 Å². The Morgan fingerprint density at radius 3 is 2.53 bits per heavy atom. The predicted molar refractivity (Wildman–Crippen MR) is 119 cm³/mol. The summed E-state index contributed by atoms with van der Waals surface area (Å²) in [4.78, 5) is 38.8. The fourth-order valence-electron chi connectivity index (χ4n) is 3.70. The van der Waals surface area contributed by atoms with E-state index in [0.29, 0.717) is 25.2 Å². The monoisotopic (exact) mass is 445 g/mol. The zero-order valence-corrected chi connectivity index (χ0v) is 19.0. The smallest absolute Gasteiger partial charge is 0.414 e. The molecule has 1 aromatic carbocycles. The van der Waals surface area contributed by atoms with Crippen LogP contribution in [0.4, 0.5) is 15.3 Å². The summed E-state index contributed by atoms with van der Waals surface area (Å²) in [5.74, 6) is -0.170. The Kier molecular flexibility index (Phi) is 7.08. The number of aliphatic hydroxyl groups excluding tert-OH is 1. The standard InChI is InChI=1S/C23H31N3O6/c1-15(28)24-12-20-13-26(21(29)31-20)18-7-5-16(6-8-18)17-9-10-25(19(11-17)14-27)22(30)32-23(2,3)4/h5-9,19-20,27H,10-14H2,1-4H3,(H,24,28)/t19?,20-/m0/s1. The first-order chi connectivity index (χ1) is 15.1. The second kappa shape index (κ2) is 9.60. The largest absolute Gasteiger partial charge is 0.444 e. The summed E-state index contributed by atoms with van der Waals surface area (Å²) in [6.45, 7) is 7.67. The van der Waals surface area contributed by atoms with E-state index in [1.807, 2.05) is 51.1 Å². The summed E-state index contributed by atoms with van der Waals surface area (Å²) in [6, 6.07) is 7.13. The number of carbonyl (C=O) groups is 3. The molecular formula is C23H31N3O6. The minimum atomic E-state index is -0.602. The van der Waals surface area contributed by atoms with Crippen molar-refractivity contribution in [2.75, 3.05) is 31.1 Å². The van der Waals surface area contributed by atoms with Gasteiger partial charge in [-0.15, -0.1) is 0 Å². The van der Waals surface area contributed by atoms with Crippen LogP contribution in [0.15, 0.2) is 30.3 Å². The average molecular weight is 446 g/mol. The lowest BCUT2D eigenvalue weighted by Crippen LogP contribution is -2.47. The number of nitrogens with one attached hydrogen (secondary N) is 1. The summed E-state index contributed by atoms with van der Waals surface area (Å²) in [6.07, 6.45) is 1.18. The number of carbonyl (C=O) groups excluding carboxylic acids is 3. The summed E-state index contributed by atoms with van der Waals surface area (Å²) in [7, 11) is 0. The van der Waals surface area contributed by atoms with Gasteiger partial charge < -0.3 is 19.9 Å². The van der Waals surface area contributed by atoms with Crippen molar-refractivity contribution in [3.05, 3.63) is 35.9 Å². The number of rotatable bonds is 5. The number of cyclic esters (lactones) is 1. The highest BCUT2D eigenvalue weighted by Gasteiger charge is 2.33. The lowest BCUT2D eigenvalue weighted by molar-refractivity contribution is -0.119.